The number of aliphatic hydroxyl groups excluding tert-OH is 1. The molecule has 0 unspecified atom stereocenters. The van der Waals surface area contributed by atoms with Crippen LogP contribution in [0.1, 0.15) is 5.56 Å². The molecule has 3 aromatic rings. The molecule has 1 aromatic heterocycles. The minimum absolute atomic E-state index is 0.147. The number of hydrogen-bond donors (Lipinski definition) is 1. The zero-order chi connectivity index (χ0) is 14.8. The molecule has 4 heteroatoms. The Balaban J connectivity index is 2.31. The summed E-state index contributed by atoms with van der Waals surface area (Å²) in [6.45, 7) is -0.147. The van der Waals surface area contributed by atoms with Crippen LogP contribution in [0.5, 0.6) is 5.75 Å². The van der Waals surface area contributed by atoms with Crippen LogP contribution in [0.2, 0.25) is 0 Å². The van der Waals surface area contributed by atoms with Gasteiger partial charge >= 0.3 is 0 Å². The number of aliphatic hydroxyl groups is 1. The Labute approximate surface area is 121 Å². The van der Waals surface area contributed by atoms with Gasteiger partial charge in [-0.1, -0.05) is 30.3 Å². The minimum atomic E-state index is -0.170. The smallest absolute Gasteiger partial charge is 0.197 e. The largest absolute Gasteiger partial charge is 0.496 e. The maximum absolute atomic E-state index is 12.3. The second-order valence-corrected chi connectivity index (χ2v) is 4.67. The molecule has 0 aliphatic carbocycles. The molecule has 1 heterocycles. The topological polar surface area (TPSA) is 59.7 Å². The Kier molecular flexibility index (Phi) is 3.46. The lowest BCUT2D eigenvalue weighted by Gasteiger charge is -2.08. The van der Waals surface area contributed by atoms with E-state index in [4.69, 9.17) is 9.15 Å². The minimum Gasteiger partial charge on any atom is -0.496 e. The third kappa shape index (κ3) is 2.41. The van der Waals surface area contributed by atoms with Gasteiger partial charge < -0.3 is 14.3 Å². The van der Waals surface area contributed by atoms with Crippen LogP contribution in [0, 0.1) is 0 Å². The molecule has 0 spiro atoms. The number of ether oxygens (including phenoxy) is 1. The van der Waals surface area contributed by atoms with Crippen molar-refractivity contribution in [3.8, 4) is 17.1 Å². The van der Waals surface area contributed by atoms with Gasteiger partial charge in [-0.05, 0) is 17.7 Å². The van der Waals surface area contributed by atoms with Gasteiger partial charge in [-0.3, -0.25) is 4.79 Å². The molecule has 0 fully saturated rings. The SMILES string of the molecule is COc1cc(CO)cc2oc(-c3ccccc3)cc(=O)c12. The van der Waals surface area contributed by atoms with E-state index < -0.39 is 0 Å². The first-order valence-corrected chi connectivity index (χ1v) is 6.54. The third-order valence-corrected chi connectivity index (χ3v) is 3.32. The van der Waals surface area contributed by atoms with Crippen LogP contribution in [0.4, 0.5) is 0 Å². The zero-order valence-electron chi connectivity index (χ0n) is 11.5. The molecule has 3 rings (SSSR count). The molecule has 0 bridgehead atoms. The molecule has 0 radical (unpaired) electrons. The fourth-order valence-corrected chi connectivity index (χ4v) is 2.30. The van der Waals surface area contributed by atoms with Gasteiger partial charge in [0.1, 0.15) is 22.5 Å². The summed E-state index contributed by atoms with van der Waals surface area (Å²) in [6.07, 6.45) is 0. The molecular weight excluding hydrogens is 268 g/mol. The Morgan fingerprint density at radius 2 is 1.90 bits per heavy atom. The number of rotatable bonds is 3. The van der Waals surface area contributed by atoms with Gasteiger partial charge in [-0.25, -0.2) is 0 Å². The van der Waals surface area contributed by atoms with E-state index in [-0.39, 0.29) is 12.0 Å². The van der Waals surface area contributed by atoms with Gasteiger partial charge in [0.05, 0.1) is 13.7 Å². The predicted molar refractivity (Wildman–Crippen MR) is 80.4 cm³/mol. The lowest BCUT2D eigenvalue weighted by Crippen LogP contribution is -2.03. The summed E-state index contributed by atoms with van der Waals surface area (Å²) in [6, 6.07) is 14.2. The summed E-state index contributed by atoms with van der Waals surface area (Å²) in [5, 5.41) is 9.68. The van der Waals surface area contributed by atoms with Crippen LogP contribution < -0.4 is 10.2 Å². The van der Waals surface area contributed by atoms with E-state index in [1.54, 1.807) is 12.1 Å². The normalized spacial score (nSPS) is 10.8. The van der Waals surface area contributed by atoms with E-state index in [1.807, 2.05) is 30.3 Å². The Hall–Kier alpha value is -2.59. The monoisotopic (exact) mass is 282 g/mol. The van der Waals surface area contributed by atoms with Crippen LogP contribution >= 0.6 is 0 Å². The number of hydrogen-bond acceptors (Lipinski definition) is 4. The molecule has 1 N–H and O–H groups in total. The van der Waals surface area contributed by atoms with Crippen molar-refractivity contribution in [3.63, 3.8) is 0 Å². The van der Waals surface area contributed by atoms with Crippen molar-refractivity contribution in [2.24, 2.45) is 0 Å². The Morgan fingerprint density at radius 3 is 2.57 bits per heavy atom. The van der Waals surface area contributed by atoms with E-state index >= 15 is 0 Å². The molecule has 21 heavy (non-hydrogen) atoms. The van der Waals surface area contributed by atoms with Gasteiger partial charge in [0, 0.05) is 11.6 Å². The summed E-state index contributed by atoms with van der Waals surface area (Å²) in [5.74, 6) is 0.898. The molecule has 0 saturated heterocycles. The first-order valence-electron chi connectivity index (χ1n) is 6.54. The summed E-state index contributed by atoms with van der Waals surface area (Å²) in [5.41, 5.74) is 1.69. The second kappa shape index (κ2) is 5.42. The fourth-order valence-electron chi connectivity index (χ4n) is 2.30. The van der Waals surface area contributed by atoms with Crippen LogP contribution in [0.15, 0.2) is 57.7 Å². The molecule has 0 aliphatic rings. The maximum atomic E-state index is 12.3. The molecule has 0 saturated carbocycles. The average molecular weight is 282 g/mol. The van der Waals surface area contributed by atoms with Crippen molar-refractivity contribution in [2.75, 3.05) is 7.11 Å². The van der Waals surface area contributed by atoms with Crippen molar-refractivity contribution >= 4 is 11.0 Å². The van der Waals surface area contributed by atoms with Gasteiger partial charge in [0.2, 0.25) is 0 Å². The molecular formula is C17H14O4. The molecule has 0 atom stereocenters. The third-order valence-electron chi connectivity index (χ3n) is 3.32. The first kappa shape index (κ1) is 13.4. The van der Waals surface area contributed by atoms with Crippen LogP contribution in [-0.2, 0) is 6.61 Å². The van der Waals surface area contributed by atoms with Crippen molar-refractivity contribution in [1.29, 1.82) is 0 Å². The van der Waals surface area contributed by atoms with Crippen molar-refractivity contribution < 1.29 is 14.3 Å². The summed E-state index contributed by atoms with van der Waals surface area (Å²) < 4.78 is 11.0. The number of methoxy groups -OCH3 is 1. The van der Waals surface area contributed by atoms with Crippen molar-refractivity contribution in [2.45, 2.75) is 6.61 Å². The number of fused-ring (bicyclic) bond motifs is 1. The first-order chi connectivity index (χ1) is 10.2. The van der Waals surface area contributed by atoms with Gasteiger partial charge in [-0.15, -0.1) is 0 Å². The van der Waals surface area contributed by atoms with Crippen LogP contribution in [-0.4, -0.2) is 12.2 Å². The zero-order valence-corrected chi connectivity index (χ0v) is 11.5. The average Bonchev–Trinajstić information content (AvgIpc) is 2.54. The quantitative estimate of drug-likeness (QED) is 0.802. The van der Waals surface area contributed by atoms with E-state index in [0.717, 1.165) is 5.56 Å². The second-order valence-electron chi connectivity index (χ2n) is 4.67. The molecule has 0 aliphatic heterocycles. The van der Waals surface area contributed by atoms with Crippen LogP contribution in [0.3, 0.4) is 0 Å². The van der Waals surface area contributed by atoms with Gasteiger partial charge in [-0.2, -0.15) is 0 Å². The van der Waals surface area contributed by atoms with E-state index in [0.29, 0.717) is 28.0 Å². The predicted octanol–water partition coefficient (Wildman–Crippen LogP) is 2.96. The Morgan fingerprint density at radius 1 is 1.14 bits per heavy atom. The molecule has 0 amide bonds. The summed E-state index contributed by atoms with van der Waals surface area (Å²) >= 11 is 0. The van der Waals surface area contributed by atoms with E-state index in [2.05, 4.69) is 0 Å². The summed E-state index contributed by atoms with van der Waals surface area (Å²) in [7, 11) is 1.49. The highest BCUT2D eigenvalue weighted by atomic mass is 16.5. The Bertz CT molecular complexity index is 835. The standard InChI is InChI=1S/C17H14O4/c1-20-15-7-11(10-18)8-16-17(15)13(19)9-14(21-16)12-5-3-2-4-6-12/h2-9,18H,10H2,1H3. The van der Waals surface area contributed by atoms with Crippen molar-refractivity contribution in [3.05, 3.63) is 64.3 Å². The van der Waals surface area contributed by atoms with E-state index in [9.17, 15) is 9.90 Å². The highest BCUT2D eigenvalue weighted by Gasteiger charge is 2.12. The van der Waals surface area contributed by atoms with Gasteiger partial charge in [0.15, 0.2) is 5.43 Å². The van der Waals surface area contributed by atoms with E-state index in [1.165, 1.54) is 13.2 Å². The molecule has 106 valence electrons. The lowest BCUT2D eigenvalue weighted by atomic mass is 10.1. The van der Waals surface area contributed by atoms with Gasteiger partial charge in [0.25, 0.3) is 0 Å². The summed E-state index contributed by atoms with van der Waals surface area (Å²) in [4.78, 5) is 12.3. The number of benzene rings is 2. The highest BCUT2D eigenvalue weighted by Crippen LogP contribution is 2.28. The lowest BCUT2D eigenvalue weighted by molar-refractivity contribution is 0.281. The fraction of sp³-hybridized carbons (Fsp3) is 0.118. The van der Waals surface area contributed by atoms with Crippen LogP contribution in [0.25, 0.3) is 22.3 Å². The van der Waals surface area contributed by atoms with Crippen molar-refractivity contribution in [1.82, 2.24) is 0 Å². The molecule has 2 aromatic carbocycles. The maximum Gasteiger partial charge on any atom is 0.197 e. The molecule has 4 nitrogen and oxygen atoms in total. The highest BCUT2D eigenvalue weighted by molar-refractivity contribution is 5.85.